The first kappa shape index (κ1) is 13.9. The Balaban J connectivity index is 1.84. The predicted octanol–water partition coefficient (Wildman–Crippen LogP) is 1.48. The minimum absolute atomic E-state index is 0.0510. The average Bonchev–Trinajstić information content (AvgIpc) is 3.23. The molecular formula is C15H22N2O2. The first-order valence-electron chi connectivity index (χ1n) is 6.74. The molecule has 0 saturated heterocycles. The van der Waals surface area contributed by atoms with E-state index in [2.05, 4.69) is 5.32 Å². The van der Waals surface area contributed by atoms with Crippen LogP contribution in [0.4, 0.5) is 0 Å². The van der Waals surface area contributed by atoms with E-state index in [9.17, 15) is 4.79 Å². The molecule has 2 rings (SSSR count). The van der Waals surface area contributed by atoms with Gasteiger partial charge in [-0.05, 0) is 43.7 Å². The highest BCUT2D eigenvalue weighted by atomic mass is 16.5. The van der Waals surface area contributed by atoms with Gasteiger partial charge in [0.25, 0.3) is 0 Å². The molecule has 0 aliphatic heterocycles. The van der Waals surface area contributed by atoms with Crippen molar-refractivity contribution in [2.24, 2.45) is 11.7 Å². The van der Waals surface area contributed by atoms with Gasteiger partial charge in [0.1, 0.15) is 5.75 Å². The highest BCUT2D eigenvalue weighted by Gasteiger charge is 2.43. The lowest BCUT2D eigenvalue weighted by Crippen LogP contribution is -2.53. The summed E-state index contributed by atoms with van der Waals surface area (Å²) in [4.78, 5) is 12.0. The second-order valence-corrected chi connectivity index (χ2v) is 5.37. The Morgan fingerprint density at radius 2 is 2.16 bits per heavy atom. The van der Waals surface area contributed by atoms with Crippen molar-refractivity contribution in [1.82, 2.24) is 5.32 Å². The van der Waals surface area contributed by atoms with Gasteiger partial charge < -0.3 is 15.8 Å². The number of para-hydroxylation sites is 1. The zero-order chi connectivity index (χ0) is 13.9. The number of methoxy groups -OCH3 is 1. The molecule has 1 atom stereocenters. The van der Waals surface area contributed by atoms with Gasteiger partial charge >= 0.3 is 0 Å². The Kier molecular flexibility index (Phi) is 4.10. The third kappa shape index (κ3) is 3.26. The van der Waals surface area contributed by atoms with Crippen LogP contribution < -0.4 is 15.8 Å². The van der Waals surface area contributed by atoms with Crippen molar-refractivity contribution in [3.05, 3.63) is 29.8 Å². The molecule has 0 heterocycles. The Hall–Kier alpha value is -1.55. The fourth-order valence-electron chi connectivity index (χ4n) is 2.28. The quantitative estimate of drug-likeness (QED) is 0.816. The Morgan fingerprint density at radius 1 is 1.47 bits per heavy atom. The van der Waals surface area contributed by atoms with E-state index in [0.717, 1.165) is 30.6 Å². The molecule has 1 aromatic rings. The molecule has 3 N–H and O–H groups in total. The van der Waals surface area contributed by atoms with Gasteiger partial charge in [-0.15, -0.1) is 0 Å². The first-order chi connectivity index (χ1) is 9.05. The molecule has 1 aliphatic carbocycles. The number of hydrogen-bond donors (Lipinski definition) is 2. The molecule has 1 aromatic carbocycles. The molecule has 1 saturated carbocycles. The van der Waals surface area contributed by atoms with Crippen molar-refractivity contribution in [3.63, 3.8) is 0 Å². The van der Waals surface area contributed by atoms with E-state index in [0.29, 0.717) is 12.5 Å². The largest absolute Gasteiger partial charge is 0.496 e. The number of hydrogen-bond acceptors (Lipinski definition) is 3. The molecule has 4 nitrogen and oxygen atoms in total. The molecule has 0 bridgehead atoms. The monoisotopic (exact) mass is 262 g/mol. The standard InChI is InChI=1S/C15H22N2O2/c1-15(16,12-7-8-12)14(18)17-10-9-11-5-3-4-6-13(11)19-2/h3-6,12H,7-10,16H2,1-2H3,(H,17,18). The maximum Gasteiger partial charge on any atom is 0.240 e. The molecule has 19 heavy (non-hydrogen) atoms. The van der Waals surface area contributed by atoms with Crippen LogP contribution in [0.5, 0.6) is 5.75 Å². The lowest BCUT2D eigenvalue weighted by Gasteiger charge is -2.23. The van der Waals surface area contributed by atoms with Crippen LogP contribution in [-0.4, -0.2) is 25.1 Å². The van der Waals surface area contributed by atoms with Crippen molar-refractivity contribution >= 4 is 5.91 Å². The van der Waals surface area contributed by atoms with Gasteiger partial charge in [0.05, 0.1) is 12.6 Å². The summed E-state index contributed by atoms with van der Waals surface area (Å²) in [5, 5.41) is 2.92. The number of carbonyl (C=O) groups excluding carboxylic acids is 1. The van der Waals surface area contributed by atoms with Gasteiger partial charge in [0, 0.05) is 6.54 Å². The van der Waals surface area contributed by atoms with Gasteiger partial charge in [-0.2, -0.15) is 0 Å². The first-order valence-corrected chi connectivity index (χ1v) is 6.74. The minimum atomic E-state index is -0.721. The van der Waals surface area contributed by atoms with Crippen LogP contribution in [0.2, 0.25) is 0 Å². The van der Waals surface area contributed by atoms with E-state index in [4.69, 9.17) is 10.5 Å². The second-order valence-electron chi connectivity index (χ2n) is 5.37. The zero-order valence-corrected chi connectivity index (χ0v) is 11.6. The fraction of sp³-hybridized carbons (Fsp3) is 0.533. The summed E-state index contributed by atoms with van der Waals surface area (Å²) in [6.07, 6.45) is 2.87. The summed E-state index contributed by atoms with van der Waals surface area (Å²) in [5.74, 6) is 1.15. The predicted molar refractivity (Wildman–Crippen MR) is 75.0 cm³/mol. The number of amides is 1. The molecule has 104 valence electrons. The van der Waals surface area contributed by atoms with E-state index < -0.39 is 5.54 Å². The molecule has 1 fully saturated rings. The van der Waals surface area contributed by atoms with Crippen molar-refractivity contribution in [3.8, 4) is 5.75 Å². The van der Waals surface area contributed by atoms with Gasteiger partial charge in [0.2, 0.25) is 5.91 Å². The third-order valence-electron chi connectivity index (χ3n) is 3.79. The van der Waals surface area contributed by atoms with Crippen LogP contribution in [0.1, 0.15) is 25.3 Å². The van der Waals surface area contributed by atoms with Crippen LogP contribution in [0, 0.1) is 5.92 Å². The highest BCUT2D eigenvalue weighted by molar-refractivity contribution is 5.86. The number of nitrogens with one attached hydrogen (secondary N) is 1. The maximum atomic E-state index is 12.0. The van der Waals surface area contributed by atoms with Crippen molar-refractivity contribution in [2.45, 2.75) is 31.7 Å². The normalized spacial score (nSPS) is 17.6. The summed E-state index contributed by atoms with van der Waals surface area (Å²) in [6, 6.07) is 7.84. The number of rotatable bonds is 6. The Labute approximate surface area is 114 Å². The Bertz CT molecular complexity index is 453. The molecule has 1 amide bonds. The van der Waals surface area contributed by atoms with E-state index in [1.165, 1.54) is 0 Å². The van der Waals surface area contributed by atoms with E-state index in [1.54, 1.807) is 7.11 Å². The number of ether oxygens (including phenoxy) is 1. The maximum absolute atomic E-state index is 12.0. The summed E-state index contributed by atoms with van der Waals surface area (Å²) in [7, 11) is 1.65. The summed E-state index contributed by atoms with van der Waals surface area (Å²) in [5.41, 5.74) is 6.44. The Morgan fingerprint density at radius 3 is 2.79 bits per heavy atom. The smallest absolute Gasteiger partial charge is 0.240 e. The molecular weight excluding hydrogens is 240 g/mol. The van der Waals surface area contributed by atoms with Crippen LogP contribution in [0.3, 0.4) is 0 Å². The van der Waals surface area contributed by atoms with Crippen LogP contribution in [-0.2, 0) is 11.2 Å². The summed E-state index contributed by atoms with van der Waals surface area (Å²) >= 11 is 0. The second kappa shape index (κ2) is 5.61. The summed E-state index contributed by atoms with van der Waals surface area (Å²) in [6.45, 7) is 2.40. The van der Waals surface area contributed by atoms with Gasteiger partial charge in [-0.25, -0.2) is 0 Å². The number of benzene rings is 1. The SMILES string of the molecule is COc1ccccc1CCNC(=O)C(C)(N)C1CC1. The van der Waals surface area contributed by atoms with Gasteiger partial charge in [-0.1, -0.05) is 18.2 Å². The average molecular weight is 262 g/mol. The molecule has 1 unspecified atom stereocenters. The lowest BCUT2D eigenvalue weighted by atomic mass is 9.96. The van der Waals surface area contributed by atoms with E-state index >= 15 is 0 Å². The molecule has 0 aromatic heterocycles. The minimum Gasteiger partial charge on any atom is -0.496 e. The number of carbonyl (C=O) groups is 1. The van der Waals surface area contributed by atoms with E-state index in [-0.39, 0.29) is 5.91 Å². The topological polar surface area (TPSA) is 64.3 Å². The van der Waals surface area contributed by atoms with Crippen LogP contribution >= 0.6 is 0 Å². The number of nitrogens with two attached hydrogens (primary N) is 1. The molecule has 0 spiro atoms. The van der Waals surface area contributed by atoms with Gasteiger partial charge in [0.15, 0.2) is 0 Å². The molecule has 0 radical (unpaired) electrons. The zero-order valence-electron chi connectivity index (χ0n) is 11.6. The highest BCUT2D eigenvalue weighted by Crippen LogP contribution is 2.38. The lowest BCUT2D eigenvalue weighted by molar-refractivity contribution is -0.126. The van der Waals surface area contributed by atoms with Gasteiger partial charge in [-0.3, -0.25) is 4.79 Å². The van der Waals surface area contributed by atoms with Crippen molar-refractivity contribution in [1.29, 1.82) is 0 Å². The van der Waals surface area contributed by atoms with E-state index in [1.807, 2.05) is 31.2 Å². The summed E-state index contributed by atoms with van der Waals surface area (Å²) < 4.78 is 5.28. The molecule has 4 heteroatoms. The van der Waals surface area contributed by atoms with Crippen LogP contribution in [0.25, 0.3) is 0 Å². The van der Waals surface area contributed by atoms with Crippen LogP contribution in [0.15, 0.2) is 24.3 Å². The third-order valence-corrected chi connectivity index (χ3v) is 3.79. The molecule has 1 aliphatic rings. The fourth-order valence-corrected chi connectivity index (χ4v) is 2.28. The van der Waals surface area contributed by atoms with Crippen molar-refractivity contribution < 1.29 is 9.53 Å². The van der Waals surface area contributed by atoms with Crippen molar-refractivity contribution in [2.75, 3.05) is 13.7 Å².